The first-order valence-electron chi connectivity index (χ1n) is 9.50. The largest absolute Gasteiger partial charge is 0.462 e. The first-order chi connectivity index (χ1) is 14.4. The van der Waals surface area contributed by atoms with Gasteiger partial charge in [0.2, 0.25) is 0 Å². The fraction of sp³-hybridized carbons (Fsp3) is 0.217. The second kappa shape index (κ2) is 9.05. The molecule has 2 amide bonds. The maximum atomic E-state index is 12.1. The molecule has 7 heteroatoms. The number of carbonyl (C=O) groups excluding carboxylic acids is 3. The Morgan fingerprint density at radius 2 is 1.90 bits per heavy atom. The van der Waals surface area contributed by atoms with Crippen LogP contribution in [-0.2, 0) is 14.3 Å². The van der Waals surface area contributed by atoms with E-state index < -0.39 is 11.8 Å². The second-order valence-corrected chi connectivity index (χ2v) is 6.72. The number of imide groups is 1. The minimum absolute atomic E-state index is 0.103. The summed E-state index contributed by atoms with van der Waals surface area (Å²) in [5.74, 6) is -0.717. The van der Waals surface area contributed by atoms with E-state index in [0.29, 0.717) is 29.3 Å². The second-order valence-electron chi connectivity index (χ2n) is 6.72. The summed E-state index contributed by atoms with van der Waals surface area (Å²) in [6.45, 7) is 3.97. The van der Waals surface area contributed by atoms with E-state index in [1.807, 2.05) is 13.0 Å². The van der Waals surface area contributed by atoms with Gasteiger partial charge in [-0.05, 0) is 49.3 Å². The summed E-state index contributed by atoms with van der Waals surface area (Å²) < 4.78 is 11.0. The summed E-state index contributed by atoms with van der Waals surface area (Å²) >= 11 is 0. The quantitative estimate of drug-likeness (QED) is 0.340. The molecule has 1 aliphatic rings. The van der Waals surface area contributed by atoms with Crippen LogP contribution in [0.4, 0.5) is 0 Å². The SMILES string of the molecule is CCCCOC(=O)c1ccc(-c2ccc(/C=C3\C(=O)NC(=O)C(C#N)=C3C)o2)cc1. The normalized spacial score (nSPS) is 15.2. The zero-order valence-electron chi connectivity index (χ0n) is 16.7. The van der Waals surface area contributed by atoms with Crippen molar-refractivity contribution in [2.24, 2.45) is 0 Å². The molecule has 0 saturated carbocycles. The minimum atomic E-state index is -0.703. The topological polar surface area (TPSA) is 109 Å². The highest BCUT2D eigenvalue weighted by Gasteiger charge is 2.27. The van der Waals surface area contributed by atoms with E-state index in [2.05, 4.69) is 5.32 Å². The molecule has 1 aromatic heterocycles. The number of rotatable bonds is 6. The summed E-state index contributed by atoms with van der Waals surface area (Å²) in [6, 6.07) is 12.0. The molecular formula is C23H20N2O5. The van der Waals surface area contributed by atoms with Crippen LogP contribution >= 0.6 is 0 Å². The minimum Gasteiger partial charge on any atom is -0.462 e. The van der Waals surface area contributed by atoms with Crippen molar-refractivity contribution in [2.75, 3.05) is 6.61 Å². The summed E-state index contributed by atoms with van der Waals surface area (Å²) in [4.78, 5) is 35.8. The van der Waals surface area contributed by atoms with Crippen LogP contribution in [0.2, 0.25) is 0 Å². The van der Waals surface area contributed by atoms with Crippen molar-refractivity contribution in [3.8, 4) is 17.4 Å². The summed E-state index contributed by atoms with van der Waals surface area (Å²) in [5, 5.41) is 11.3. The summed E-state index contributed by atoms with van der Waals surface area (Å²) in [7, 11) is 0. The molecule has 1 aromatic carbocycles. The lowest BCUT2D eigenvalue weighted by Crippen LogP contribution is -2.37. The molecule has 1 aliphatic heterocycles. The molecule has 7 nitrogen and oxygen atoms in total. The maximum absolute atomic E-state index is 12.1. The predicted molar refractivity (Wildman–Crippen MR) is 109 cm³/mol. The Bertz CT molecular complexity index is 1100. The number of benzene rings is 1. The van der Waals surface area contributed by atoms with Crippen molar-refractivity contribution in [1.29, 1.82) is 5.26 Å². The van der Waals surface area contributed by atoms with Crippen molar-refractivity contribution >= 4 is 23.9 Å². The molecule has 0 saturated heterocycles. The number of ether oxygens (including phenoxy) is 1. The Hall–Kier alpha value is -3.92. The van der Waals surface area contributed by atoms with Gasteiger partial charge < -0.3 is 9.15 Å². The molecule has 0 atom stereocenters. The highest BCUT2D eigenvalue weighted by atomic mass is 16.5. The Balaban J connectivity index is 1.80. The molecule has 2 heterocycles. The lowest BCUT2D eigenvalue weighted by atomic mass is 9.96. The number of hydrogen-bond donors (Lipinski definition) is 1. The lowest BCUT2D eigenvalue weighted by Gasteiger charge is -2.15. The number of esters is 1. The lowest BCUT2D eigenvalue weighted by molar-refractivity contribution is -0.126. The number of amides is 2. The number of carbonyl (C=O) groups is 3. The van der Waals surface area contributed by atoms with Gasteiger partial charge in [-0.2, -0.15) is 5.26 Å². The van der Waals surface area contributed by atoms with Crippen LogP contribution in [-0.4, -0.2) is 24.4 Å². The first-order valence-corrected chi connectivity index (χ1v) is 9.50. The average molecular weight is 404 g/mol. The molecule has 0 bridgehead atoms. The third kappa shape index (κ3) is 4.39. The van der Waals surface area contributed by atoms with E-state index in [0.717, 1.165) is 18.4 Å². The predicted octanol–water partition coefficient (Wildman–Crippen LogP) is 3.78. The van der Waals surface area contributed by atoms with Gasteiger partial charge in [-0.15, -0.1) is 0 Å². The molecule has 0 spiro atoms. The van der Waals surface area contributed by atoms with Crippen LogP contribution in [0.3, 0.4) is 0 Å². The zero-order chi connectivity index (χ0) is 21.7. The summed E-state index contributed by atoms with van der Waals surface area (Å²) in [5.41, 5.74) is 1.59. The third-order valence-electron chi connectivity index (χ3n) is 4.64. The van der Waals surface area contributed by atoms with E-state index in [1.165, 1.54) is 6.08 Å². The molecule has 3 rings (SSSR count). The molecule has 152 valence electrons. The van der Waals surface area contributed by atoms with Gasteiger partial charge in [-0.3, -0.25) is 14.9 Å². The van der Waals surface area contributed by atoms with Gasteiger partial charge in [0, 0.05) is 11.1 Å². The van der Waals surface area contributed by atoms with Gasteiger partial charge in [0.25, 0.3) is 11.8 Å². The highest BCUT2D eigenvalue weighted by Crippen LogP contribution is 2.27. The Kier molecular flexibility index (Phi) is 6.28. The zero-order valence-corrected chi connectivity index (χ0v) is 16.7. The fourth-order valence-electron chi connectivity index (χ4n) is 2.91. The maximum Gasteiger partial charge on any atom is 0.338 e. The average Bonchev–Trinajstić information content (AvgIpc) is 3.20. The molecular weight excluding hydrogens is 384 g/mol. The highest BCUT2D eigenvalue weighted by molar-refractivity contribution is 6.19. The smallest absolute Gasteiger partial charge is 0.338 e. The van der Waals surface area contributed by atoms with E-state index in [4.69, 9.17) is 14.4 Å². The number of nitrogens with one attached hydrogen (secondary N) is 1. The molecule has 2 aromatic rings. The molecule has 0 fully saturated rings. The van der Waals surface area contributed by atoms with Gasteiger partial charge >= 0.3 is 5.97 Å². The van der Waals surface area contributed by atoms with Crippen LogP contribution in [0, 0.1) is 11.3 Å². The van der Waals surface area contributed by atoms with Crippen LogP contribution in [0.5, 0.6) is 0 Å². The summed E-state index contributed by atoms with van der Waals surface area (Å²) in [6.07, 6.45) is 3.26. The van der Waals surface area contributed by atoms with Crippen LogP contribution < -0.4 is 5.32 Å². The van der Waals surface area contributed by atoms with Gasteiger partial charge in [0.1, 0.15) is 23.2 Å². The van der Waals surface area contributed by atoms with Crippen molar-refractivity contribution in [3.05, 3.63) is 64.4 Å². The number of furan rings is 1. The molecule has 0 aliphatic carbocycles. The Morgan fingerprint density at radius 1 is 1.17 bits per heavy atom. The standard InChI is InChI=1S/C23H20N2O5/c1-3-4-11-29-23(28)16-7-5-15(6-8-16)20-10-9-17(30-20)12-18-14(2)19(13-24)22(27)25-21(18)26/h5-10,12H,3-4,11H2,1-2H3,(H,25,26,27)/b18-12-. The molecule has 30 heavy (non-hydrogen) atoms. The van der Waals surface area contributed by atoms with Gasteiger partial charge in [0.15, 0.2) is 0 Å². The Labute approximate surface area is 173 Å². The van der Waals surface area contributed by atoms with Gasteiger partial charge in [-0.1, -0.05) is 25.5 Å². The van der Waals surface area contributed by atoms with E-state index in [-0.39, 0.29) is 17.1 Å². The van der Waals surface area contributed by atoms with Crippen molar-refractivity contribution < 1.29 is 23.5 Å². The number of unbranched alkanes of at least 4 members (excludes halogenated alkanes) is 1. The molecule has 0 unspecified atom stereocenters. The van der Waals surface area contributed by atoms with Crippen molar-refractivity contribution in [2.45, 2.75) is 26.7 Å². The first kappa shape index (κ1) is 20.8. The number of nitriles is 1. The third-order valence-corrected chi connectivity index (χ3v) is 4.64. The van der Waals surface area contributed by atoms with Gasteiger partial charge in [-0.25, -0.2) is 4.79 Å². The molecule has 0 radical (unpaired) electrons. The van der Waals surface area contributed by atoms with E-state index in [9.17, 15) is 14.4 Å². The van der Waals surface area contributed by atoms with Crippen LogP contribution in [0.15, 0.2) is 57.5 Å². The fourth-order valence-corrected chi connectivity index (χ4v) is 2.91. The molecule has 1 N–H and O–H groups in total. The Morgan fingerprint density at radius 3 is 2.57 bits per heavy atom. The van der Waals surface area contributed by atoms with Gasteiger partial charge in [0.05, 0.1) is 12.2 Å². The van der Waals surface area contributed by atoms with Crippen LogP contribution in [0.1, 0.15) is 42.8 Å². The van der Waals surface area contributed by atoms with E-state index in [1.54, 1.807) is 43.3 Å². The van der Waals surface area contributed by atoms with Crippen molar-refractivity contribution in [1.82, 2.24) is 5.32 Å². The van der Waals surface area contributed by atoms with Crippen molar-refractivity contribution in [3.63, 3.8) is 0 Å². The van der Waals surface area contributed by atoms with Crippen LogP contribution in [0.25, 0.3) is 17.4 Å². The van der Waals surface area contributed by atoms with E-state index >= 15 is 0 Å². The number of nitrogens with zero attached hydrogens (tertiary/aromatic N) is 1. The monoisotopic (exact) mass is 404 g/mol. The number of hydrogen-bond acceptors (Lipinski definition) is 6.